The molecule has 138 valence electrons. The lowest BCUT2D eigenvalue weighted by Gasteiger charge is -2.23. The predicted molar refractivity (Wildman–Crippen MR) is 105 cm³/mol. The molecule has 0 spiro atoms. The van der Waals surface area contributed by atoms with E-state index in [2.05, 4.69) is 10.5 Å². The van der Waals surface area contributed by atoms with Crippen LogP contribution < -0.4 is 9.73 Å². The Kier molecular flexibility index (Phi) is 6.39. The first kappa shape index (κ1) is 19.9. The Balaban J connectivity index is 2.12. The van der Waals surface area contributed by atoms with E-state index in [9.17, 15) is 13.2 Å². The van der Waals surface area contributed by atoms with Crippen LogP contribution in [0.4, 0.5) is 5.69 Å². The number of amides is 1. The van der Waals surface area contributed by atoms with Gasteiger partial charge in [0, 0.05) is 5.02 Å². The number of anilines is 1. The van der Waals surface area contributed by atoms with Gasteiger partial charge >= 0.3 is 0 Å². The van der Waals surface area contributed by atoms with Crippen LogP contribution in [0.1, 0.15) is 16.7 Å². The molecule has 0 radical (unpaired) electrons. The van der Waals surface area contributed by atoms with Gasteiger partial charge < -0.3 is 0 Å². The molecule has 1 N–H and O–H groups in total. The molecule has 0 aliphatic carbocycles. The Morgan fingerprint density at radius 3 is 2.46 bits per heavy atom. The highest BCUT2D eigenvalue weighted by molar-refractivity contribution is 7.92. The monoisotopic (exact) mass is 393 g/mol. The largest absolute Gasteiger partial charge is 0.271 e. The highest BCUT2D eigenvalue weighted by Crippen LogP contribution is 2.24. The zero-order chi connectivity index (χ0) is 19.3. The molecule has 0 aliphatic rings. The summed E-state index contributed by atoms with van der Waals surface area (Å²) in [6.07, 6.45) is 2.52. The maximum Gasteiger partial charge on any atom is 0.260 e. The second-order valence-electron chi connectivity index (χ2n) is 5.83. The molecule has 0 fully saturated rings. The minimum absolute atomic E-state index is 0.360. The molecule has 0 aliphatic heterocycles. The van der Waals surface area contributed by atoms with Crippen molar-refractivity contribution in [3.05, 3.63) is 64.2 Å². The van der Waals surface area contributed by atoms with E-state index in [0.29, 0.717) is 10.7 Å². The number of hydrazone groups is 1. The van der Waals surface area contributed by atoms with Crippen molar-refractivity contribution in [2.45, 2.75) is 13.8 Å². The molecule has 0 aromatic heterocycles. The number of sulfonamides is 1. The minimum Gasteiger partial charge on any atom is -0.271 e. The van der Waals surface area contributed by atoms with Gasteiger partial charge in [-0.3, -0.25) is 9.10 Å². The van der Waals surface area contributed by atoms with Crippen molar-refractivity contribution in [1.29, 1.82) is 0 Å². The Hall–Kier alpha value is -2.38. The van der Waals surface area contributed by atoms with Gasteiger partial charge in [0.2, 0.25) is 10.0 Å². The first-order valence-corrected chi connectivity index (χ1v) is 10.0. The fraction of sp³-hybridized carbons (Fsp3) is 0.222. The Morgan fingerprint density at radius 1 is 1.19 bits per heavy atom. The van der Waals surface area contributed by atoms with Gasteiger partial charge in [-0.15, -0.1) is 0 Å². The van der Waals surface area contributed by atoms with Gasteiger partial charge in [0.1, 0.15) is 6.54 Å². The molecule has 0 saturated carbocycles. The molecule has 2 rings (SSSR count). The SMILES string of the molecule is Cc1cccc(N(CC(=O)N/N=C\c2ccc(Cl)cc2)S(C)(=O)=O)c1C. The number of hydrogen-bond donors (Lipinski definition) is 1. The molecule has 0 saturated heterocycles. The van der Waals surface area contributed by atoms with Gasteiger partial charge in [0.15, 0.2) is 0 Å². The highest BCUT2D eigenvalue weighted by atomic mass is 35.5. The summed E-state index contributed by atoms with van der Waals surface area (Å²) in [6.45, 7) is 3.34. The van der Waals surface area contributed by atoms with Gasteiger partial charge in [-0.25, -0.2) is 13.8 Å². The third kappa shape index (κ3) is 5.31. The van der Waals surface area contributed by atoms with E-state index in [0.717, 1.165) is 27.3 Å². The van der Waals surface area contributed by atoms with E-state index < -0.39 is 15.9 Å². The van der Waals surface area contributed by atoms with E-state index in [4.69, 9.17) is 11.6 Å². The van der Waals surface area contributed by atoms with Crippen LogP contribution in [0.15, 0.2) is 47.6 Å². The zero-order valence-electron chi connectivity index (χ0n) is 14.7. The highest BCUT2D eigenvalue weighted by Gasteiger charge is 2.22. The van der Waals surface area contributed by atoms with Crippen molar-refractivity contribution < 1.29 is 13.2 Å². The molecule has 0 bridgehead atoms. The van der Waals surface area contributed by atoms with Gasteiger partial charge in [-0.2, -0.15) is 5.10 Å². The minimum atomic E-state index is -3.63. The van der Waals surface area contributed by atoms with E-state index >= 15 is 0 Å². The molecule has 26 heavy (non-hydrogen) atoms. The van der Waals surface area contributed by atoms with Crippen molar-refractivity contribution in [3.63, 3.8) is 0 Å². The van der Waals surface area contributed by atoms with Crippen LogP contribution in [0.3, 0.4) is 0 Å². The number of halogens is 1. The second kappa shape index (κ2) is 8.33. The van der Waals surface area contributed by atoms with Crippen LogP contribution in [0.25, 0.3) is 0 Å². The van der Waals surface area contributed by atoms with Gasteiger partial charge in [0.25, 0.3) is 5.91 Å². The molecule has 8 heteroatoms. The average Bonchev–Trinajstić information content (AvgIpc) is 2.56. The first-order chi connectivity index (χ1) is 12.2. The van der Waals surface area contributed by atoms with Gasteiger partial charge in [-0.05, 0) is 48.7 Å². The number of carbonyl (C=O) groups is 1. The smallest absolute Gasteiger partial charge is 0.260 e. The summed E-state index contributed by atoms with van der Waals surface area (Å²) in [7, 11) is -3.63. The number of rotatable bonds is 6. The Bertz CT molecular complexity index is 925. The lowest BCUT2D eigenvalue weighted by molar-refractivity contribution is -0.119. The average molecular weight is 394 g/mol. The fourth-order valence-corrected chi connectivity index (χ4v) is 3.31. The van der Waals surface area contributed by atoms with Crippen molar-refractivity contribution in [3.8, 4) is 0 Å². The maximum absolute atomic E-state index is 12.2. The second-order valence-corrected chi connectivity index (χ2v) is 8.18. The van der Waals surface area contributed by atoms with Gasteiger partial charge in [-0.1, -0.05) is 35.9 Å². The first-order valence-electron chi connectivity index (χ1n) is 7.80. The van der Waals surface area contributed by atoms with Crippen LogP contribution >= 0.6 is 11.6 Å². The van der Waals surface area contributed by atoms with Crippen molar-refractivity contribution in [1.82, 2.24) is 5.43 Å². The topological polar surface area (TPSA) is 78.8 Å². The number of nitrogens with one attached hydrogen (secondary N) is 1. The van der Waals surface area contributed by atoms with Crippen molar-refractivity contribution >= 4 is 39.4 Å². The van der Waals surface area contributed by atoms with E-state index in [1.165, 1.54) is 6.21 Å². The van der Waals surface area contributed by atoms with E-state index in [-0.39, 0.29) is 6.54 Å². The summed E-state index contributed by atoms with van der Waals surface area (Å²) in [6, 6.07) is 12.2. The number of benzene rings is 2. The van der Waals surface area contributed by atoms with Crippen LogP contribution in [0.5, 0.6) is 0 Å². The molecule has 2 aromatic carbocycles. The van der Waals surface area contributed by atoms with Crippen molar-refractivity contribution in [2.75, 3.05) is 17.1 Å². The Labute approximate surface area is 158 Å². The van der Waals surface area contributed by atoms with Crippen LogP contribution in [0, 0.1) is 13.8 Å². The lowest BCUT2D eigenvalue weighted by atomic mass is 10.1. The summed E-state index contributed by atoms with van der Waals surface area (Å²) in [5, 5.41) is 4.45. The number of carbonyl (C=O) groups excluding carboxylic acids is 1. The maximum atomic E-state index is 12.2. The third-order valence-corrected chi connectivity index (χ3v) is 5.18. The molecule has 6 nitrogen and oxygen atoms in total. The summed E-state index contributed by atoms with van der Waals surface area (Å²) in [5.74, 6) is -0.540. The number of aryl methyl sites for hydroxylation is 1. The summed E-state index contributed by atoms with van der Waals surface area (Å²) in [4.78, 5) is 12.2. The van der Waals surface area contributed by atoms with E-state index in [1.807, 2.05) is 19.9 Å². The number of hydrogen-bond acceptors (Lipinski definition) is 4. The zero-order valence-corrected chi connectivity index (χ0v) is 16.3. The molecule has 0 atom stereocenters. The fourth-order valence-electron chi connectivity index (χ4n) is 2.28. The molecular formula is C18H20ClN3O3S. The molecule has 0 heterocycles. The molecule has 2 aromatic rings. The lowest BCUT2D eigenvalue weighted by Crippen LogP contribution is -2.39. The molecule has 0 unspecified atom stereocenters. The molecular weight excluding hydrogens is 374 g/mol. The summed E-state index contributed by atoms with van der Waals surface area (Å²) < 4.78 is 25.4. The summed E-state index contributed by atoms with van der Waals surface area (Å²) in [5.41, 5.74) is 5.32. The van der Waals surface area contributed by atoms with E-state index in [1.54, 1.807) is 36.4 Å². The van der Waals surface area contributed by atoms with Crippen molar-refractivity contribution in [2.24, 2.45) is 5.10 Å². The normalized spacial score (nSPS) is 11.5. The standard InChI is InChI=1S/C18H20ClN3O3S/c1-13-5-4-6-17(14(13)2)22(26(3,24)25)12-18(23)21-20-11-15-7-9-16(19)10-8-15/h4-11H,12H2,1-3H3,(H,21,23)/b20-11-. The molecule has 1 amide bonds. The van der Waals surface area contributed by atoms with Crippen LogP contribution in [-0.4, -0.2) is 33.3 Å². The number of nitrogens with zero attached hydrogens (tertiary/aromatic N) is 2. The third-order valence-electron chi connectivity index (χ3n) is 3.81. The summed E-state index contributed by atoms with van der Waals surface area (Å²) >= 11 is 5.80. The quantitative estimate of drug-likeness (QED) is 0.605. The van der Waals surface area contributed by atoms with Crippen LogP contribution in [0.2, 0.25) is 5.02 Å². The Morgan fingerprint density at radius 2 is 1.85 bits per heavy atom. The van der Waals surface area contributed by atoms with Gasteiger partial charge in [0.05, 0.1) is 18.2 Å². The predicted octanol–water partition coefficient (Wildman–Crippen LogP) is 2.87. The van der Waals surface area contributed by atoms with Crippen LogP contribution in [-0.2, 0) is 14.8 Å².